The van der Waals surface area contributed by atoms with Crippen LogP contribution in [-0.2, 0) is 22.7 Å². The standard InChI is InChI=1S/C20H25BrN2O3S/c1-15(26-14-16-4-3-5-17(12-16)25-2)20(24)23-10-8-22(9-11-23)13-18-6-7-19(21)27-18/h3-7,12,15H,8-11,13-14H2,1-2H3. The summed E-state index contributed by atoms with van der Waals surface area (Å²) in [5, 5.41) is 0. The fourth-order valence-electron chi connectivity index (χ4n) is 3.10. The number of amides is 1. The topological polar surface area (TPSA) is 42.0 Å². The summed E-state index contributed by atoms with van der Waals surface area (Å²) in [4.78, 5) is 18.3. The summed E-state index contributed by atoms with van der Waals surface area (Å²) in [5.74, 6) is 0.861. The van der Waals surface area contributed by atoms with Crippen LogP contribution in [0.3, 0.4) is 0 Å². The number of hydrogen-bond acceptors (Lipinski definition) is 5. The fourth-order valence-corrected chi connectivity index (χ4v) is 4.62. The quantitative estimate of drug-likeness (QED) is 0.640. The van der Waals surface area contributed by atoms with Crippen molar-refractivity contribution in [3.05, 3.63) is 50.6 Å². The van der Waals surface area contributed by atoms with Crippen molar-refractivity contribution >= 4 is 33.2 Å². The molecule has 0 aliphatic carbocycles. The number of rotatable bonds is 7. The number of ether oxygens (including phenoxy) is 2. The number of halogens is 1. The molecule has 2 aromatic rings. The molecule has 1 aliphatic heterocycles. The average Bonchev–Trinajstić information content (AvgIpc) is 3.11. The predicted octanol–water partition coefficient (Wildman–Crippen LogP) is 3.77. The van der Waals surface area contributed by atoms with E-state index in [2.05, 4.69) is 33.0 Å². The summed E-state index contributed by atoms with van der Waals surface area (Å²) < 4.78 is 12.2. The molecule has 1 unspecified atom stereocenters. The van der Waals surface area contributed by atoms with Gasteiger partial charge >= 0.3 is 0 Å². The Morgan fingerprint density at radius 1 is 1.22 bits per heavy atom. The first-order valence-electron chi connectivity index (χ1n) is 9.05. The van der Waals surface area contributed by atoms with Crippen LogP contribution in [0, 0.1) is 0 Å². The van der Waals surface area contributed by atoms with Gasteiger partial charge in [0.25, 0.3) is 5.91 Å². The second-order valence-electron chi connectivity index (χ2n) is 6.61. The number of nitrogens with zero attached hydrogens (tertiary/aromatic N) is 2. The van der Waals surface area contributed by atoms with E-state index in [0.29, 0.717) is 6.61 Å². The Balaban J connectivity index is 1.43. The lowest BCUT2D eigenvalue weighted by Crippen LogP contribution is -2.51. The van der Waals surface area contributed by atoms with Crippen molar-refractivity contribution in [1.29, 1.82) is 0 Å². The van der Waals surface area contributed by atoms with Crippen LogP contribution in [0.1, 0.15) is 17.4 Å². The Labute approximate surface area is 173 Å². The van der Waals surface area contributed by atoms with Crippen molar-refractivity contribution in [2.24, 2.45) is 0 Å². The minimum atomic E-state index is -0.448. The first-order valence-corrected chi connectivity index (χ1v) is 10.7. The van der Waals surface area contributed by atoms with Gasteiger partial charge < -0.3 is 14.4 Å². The molecular weight excluding hydrogens is 428 g/mol. The molecule has 0 spiro atoms. The molecule has 2 heterocycles. The highest BCUT2D eigenvalue weighted by Crippen LogP contribution is 2.23. The van der Waals surface area contributed by atoms with Crippen molar-refractivity contribution in [2.45, 2.75) is 26.2 Å². The Bertz CT molecular complexity index is 759. The first kappa shape index (κ1) is 20.3. The van der Waals surface area contributed by atoms with Gasteiger partial charge in [-0.3, -0.25) is 9.69 Å². The monoisotopic (exact) mass is 452 g/mol. The molecule has 5 nitrogen and oxygen atoms in total. The van der Waals surface area contributed by atoms with Crippen LogP contribution in [0.15, 0.2) is 40.2 Å². The minimum absolute atomic E-state index is 0.0661. The van der Waals surface area contributed by atoms with Crippen LogP contribution < -0.4 is 4.74 Å². The van der Waals surface area contributed by atoms with Crippen LogP contribution >= 0.6 is 27.3 Å². The van der Waals surface area contributed by atoms with Crippen LogP contribution in [0.4, 0.5) is 0 Å². The molecule has 7 heteroatoms. The highest BCUT2D eigenvalue weighted by atomic mass is 79.9. The molecule has 146 valence electrons. The van der Waals surface area contributed by atoms with Crippen molar-refractivity contribution in [3.63, 3.8) is 0 Å². The van der Waals surface area contributed by atoms with Crippen molar-refractivity contribution in [3.8, 4) is 5.75 Å². The maximum atomic E-state index is 12.7. The third-order valence-electron chi connectivity index (χ3n) is 4.67. The molecule has 1 aromatic heterocycles. The summed E-state index contributed by atoms with van der Waals surface area (Å²) >= 11 is 5.27. The SMILES string of the molecule is COc1cccc(COC(C)C(=O)N2CCN(Cc3ccc(Br)s3)CC2)c1. The highest BCUT2D eigenvalue weighted by Gasteiger charge is 2.25. The van der Waals surface area contributed by atoms with Gasteiger partial charge in [-0.2, -0.15) is 0 Å². The van der Waals surface area contributed by atoms with E-state index in [-0.39, 0.29) is 5.91 Å². The van der Waals surface area contributed by atoms with Gasteiger partial charge in [0, 0.05) is 37.6 Å². The Hall–Kier alpha value is -1.41. The normalized spacial score (nSPS) is 16.3. The highest BCUT2D eigenvalue weighted by molar-refractivity contribution is 9.11. The van der Waals surface area contributed by atoms with E-state index in [1.54, 1.807) is 18.4 Å². The maximum Gasteiger partial charge on any atom is 0.251 e. The van der Waals surface area contributed by atoms with Crippen LogP contribution in [0.25, 0.3) is 0 Å². The number of benzene rings is 1. The van der Waals surface area contributed by atoms with Crippen LogP contribution in [-0.4, -0.2) is 55.1 Å². The molecule has 0 saturated carbocycles. The fraction of sp³-hybridized carbons (Fsp3) is 0.450. The molecule has 3 rings (SSSR count). The Kier molecular flexibility index (Phi) is 7.29. The number of carbonyl (C=O) groups excluding carboxylic acids is 1. The van der Waals surface area contributed by atoms with Gasteiger partial charge in [-0.15, -0.1) is 11.3 Å². The lowest BCUT2D eigenvalue weighted by molar-refractivity contribution is -0.145. The summed E-state index contributed by atoms with van der Waals surface area (Å²) in [6.07, 6.45) is -0.448. The molecule has 1 atom stereocenters. The van der Waals surface area contributed by atoms with Crippen molar-refractivity contribution < 1.29 is 14.3 Å². The Morgan fingerprint density at radius 2 is 2.00 bits per heavy atom. The van der Waals surface area contributed by atoms with Crippen LogP contribution in [0.2, 0.25) is 0 Å². The molecule has 1 amide bonds. The lowest BCUT2D eigenvalue weighted by atomic mass is 10.2. The summed E-state index contributed by atoms with van der Waals surface area (Å²) in [7, 11) is 1.64. The predicted molar refractivity (Wildman–Crippen MR) is 111 cm³/mol. The van der Waals surface area contributed by atoms with Gasteiger partial charge in [-0.1, -0.05) is 12.1 Å². The van der Waals surface area contributed by atoms with Gasteiger partial charge in [0.1, 0.15) is 11.9 Å². The van der Waals surface area contributed by atoms with Crippen molar-refractivity contribution in [2.75, 3.05) is 33.3 Å². The second-order valence-corrected chi connectivity index (χ2v) is 9.16. The van der Waals surface area contributed by atoms with Gasteiger partial charge in [0.05, 0.1) is 17.5 Å². The summed E-state index contributed by atoms with van der Waals surface area (Å²) in [6, 6.07) is 12.0. The third kappa shape index (κ3) is 5.78. The second kappa shape index (κ2) is 9.68. The van der Waals surface area contributed by atoms with Gasteiger partial charge in [0.15, 0.2) is 0 Å². The average molecular weight is 453 g/mol. The van der Waals surface area contributed by atoms with E-state index in [0.717, 1.165) is 47.8 Å². The largest absolute Gasteiger partial charge is 0.497 e. The van der Waals surface area contributed by atoms with Crippen LogP contribution in [0.5, 0.6) is 5.75 Å². The third-order valence-corrected chi connectivity index (χ3v) is 6.28. The number of piperazine rings is 1. The zero-order chi connectivity index (χ0) is 19.2. The summed E-state index contributed by atoms with van der Waals surface area (Å²) in [6.45, 7) is 6.46. The minimum Gasteiger partial charge on any atom is -0.497 e. The van der Waals surface area contributed by atoms with E-state index in [9.17, 15) is 4.79 Å². The van der Waals surface area contributed by atoms with E-state index in [1.807, 2.05) is 36.1 Å². The molecule has 1 fully saturated rings. The summed E-state index contributed by atoms with van der Waals surface area (Å²) in [5.41, 5.74) is 1.00. The van der Waals surface area contributed by atoms with E-state index in [1.165, 1.54) is 4.88 Å². The first-order chi connectivity index (χ1) is 13.0. The zero-order valence-electron chi connectivity index (χ0n) is 15.7. The molecule has 1 saturated heterocycles. The number of hydrogen-bond donors (Lipinski definition) is 0. The molecule has 1 aliphatic rings. The number of thiophene rings is 1. The van der Waals surface area contributed by atoms with E-state index >= 15 is 0 Å². The van der Waals surface area contributed by atoms with Gasteiger partial charge in [-0.25, -0.2) is 0 Å². The molecule has 0 bridgehead atoms. The molecule has 0 N–H and O–H groups in total. The van der Waals surface area contributed by atoms with Crippen molar-refractivity contribution in [1.82, 2.24) is 9.80 Å². The maximum absolute atomic E-state index is 12.7. The smallest absolute Gasteiger partial charge is 0.251 e. The number of carbonyl (C=O) groups is 1. The molecule has 27 heavy (non-hydrogen) atoms. The molecule has 0 radical (unpaired) electrons. The van der Waals surface area contributed by atoms with E-state index in [4.69, 9.17) is 9.47 Å². The molecule has 1 aromatic carbocycles. The zero-order valence-corrected chi connectivity index (χ0v) is 18.1. The number of methoxy groups -OCH3 is 1. The van der Waals surface area contributed by atoms with Gasteiger partial charge in [-0.05, 0) is 52.7 Å². The lowest BCUT2D eigenvalue weighted by Gasteiger charge is -2.35. The van der Waals surface area contributed by atoms with E-state index < -0.39 is 6.10 Å². The van der Waals surface area contributed by atoms with Gasteiger partial charge in [0.2, 0.25) is 0 Å². The Morgan fingerprint density at radius 3 is 2.67 bits per heavy atom. The molecular formula is C20H25BrN2O3S.